The standard InChI is InChI=1S/C15H21BrN2O3/c1-11(21-14-5-3-2-4-13(14)16)9-18-15(19)8-12-10-20-7-6-17-12/h2-5,11-12,17H,6-10H2,1H3,(H,18,19). The molecular weight excluding hydrogens is 336 g/mol. The van der Waals surface area contributed by atoms with Crippen LogP contribution in [0.3, 0.4) is 0 Å². The largest absolute Gasteiger partial charge is 0.488 e. The second-order valence-electron chi connectivity index (χ2n) is 5.09. The molecule has 2 unspecified atom stereocenters. The number of rotatable bonds is 6. The van der Waals surface area contributed by atoms with Crippen molar-refractivity contribution >= 4 is 21.8 Å². The summed E-state index contributed by atoms with van der Waals surface area (Å²) >= 11 is 3.44. The molecule has 1 aromatic carbocycles. The average Bonchev–Trinajstić information content (AvgIpc) is 2.49. The van der Waals surface area contributed by atoms with Gasteiger partial charge in [0.1, 0.15) is 11.9 Å². The Hall–Kier alpha value is -1.11. The van der Waals surface area contributed by atoms with Crippen molar-refractivity contribution in [3.8, 4) is 5.75 Å². The molecule has 1 aliphatic heterocycles. The van der Waals surface area contributed by atoms with Crippen molar-refractivity contribution in [1.82, 2.24) is 10.6 Å². The van der Waals surface area contributed by atoms with E-state index in [4.69, 9.17) is 9.47 Å². The van der Waals surface area contributed by atoms with Crippen molar-refractivity contribution in [3.63, 3.8) is 0 Å². The zero-order valence-electron chi connectivity index (χ0n) is 12.1. The summed E-state index contributed by atoms with van der Waals surface area (Å²) in [7, 11) is 0. The third-order valence-corrected chi connectivity index (χ3v) is 3.84. The van der Waals surface area contributed by atoms with E-state index in [1.807, 2.05) is 31.2 Å². The van der Waals surface area contributed by atoms with Crippen LogP contribution in [0.1, 0.15) is 13.3 Å². The molecule has 21 heavy (non-hydrogen) atoms. The van der Waals surface area contributed by atoms with E-state index < -0.39 is 0 Å². The van der Waals surface area contributed by atoms with Crippen LogP contribution in [0.5, 0.6) is 5.75 Å². The van der Waals surface area contributed by atoms with E-state index in [9.17, 15) is 4.79 Å². The first-order chi connectivity index (χ1) is 10.1. The minimum atomic E-state index is -0.0942. The molecule has 116 valence electrons. The molecule has 1 aliphatic rings. The number of carbonyl (C=O) groups excluding carboxylic acids is 1. The monoisotopic (exact) mass is 356 g/mol. The van der Waals surface area contributed by atoms with Gasteiger partial charge in [0.2, 0.25) is 5.91 Å². The average molecular weight is 357 g/mol. The van der Waals surface area contributed by atoms with Crippen molar-refractivity contribution in [2.75, 3.05) is 26.3 Å². The predicted molar refractivity (Wildman–Crippen MR) is 84.5 cm³/mol. The van der Waals surface area contributed by atoms with Gasteiger partial charge in [-0.2, -0.15) is 0 Å². The maximum absolute atomic E-state index is 11.9. The normalized spacial score (nSPS) is 19.8. The van der Waals surface area contributed by atoms with Gasteiger partial charge < -0.3 is 20.1 Å². The number of hydrogen-bond acceptors (Lipinski definition) is 4. The third kappa shape index (κ3) is 5.65. The SMILES string of the molecule is CC(CNC(=O)CC1COCCN1)Oc1ccccc1Br. The fourth-order valence-corrected chi connectivity index (χ4v) is 2.48. The van der Waals surface area contributed by atoms with E-state index in [0.717, 1.165) is 23.4 Å². The lowest BCUT2D eigenvalue weighted by atomic mass is 10.2. The summed E-state index contributed by atoms with van der Waals surface area (Å²) in [6, 6.07) is 7.78. The highest BCUT2D eigenvalue weighted by molar-refractivity contribution is 9.10. The zero-order chi connectivity index (χ0) is 15.1. The number of halogens is 1. The second-order valence-corrected chi connectivity index (χ2v) is 5.95. The molecule has 0 aromatic heterocycles. The maximum atomic E-state index is 11.9. The molecule has 1 fully saturated rings. The first-order valence-corrected chi connectivity index (χ1v) is 7.93. The molecule has 1 heterocycles. The zero-order valence-corrected chi connectivity index (χ0v) is 13.7. The molecule has 0 saturated carbocycles. The van der Waals surface area contributed by atoms with Crippen molar-refractivity contribution < 1.29 is 14.3 Å². The second kappa shape index (κ2) is 8.36. The minimum Gasteiger partial charge on any atom is -0.488 e. The number of nitrogens with one attached hydrogen (secondary N) is 2. The summed E-state index contributed by atoms with van der Waals surface area (Å²) in [5.74, 6) is 0.794. The van der Waals surface area contributed by atoms with E-state index in [1.165, 1.54) is 0 Å². The highest BCUT2D eigenvalue weighted by Gasteiger charge is 2.17. The van der Waals surface area contributed by atoms with E-state index in [0.29, 0.717) is 19.6 Å². The van der Waals surface area contributed by atoms with Crippen molar-refractivity contribution in [2.24, 2.45) is 0 Å². The molecule has 2 rings (SSSR count). The quantitative estimate of drug-likeness (QED) is 0.814. The van der Waals surface area contributed by atoms with Gasteiger partial charge in [0, 0.05) is 19.0 Å². The Morgan fingerprint density at radius 3 is 3.10 bits per heavy atom. The summed E-state index contributed by atoms with van der Waals surface area (Å²) in [4.78, 5) is 11.9. The topological polar surface area (TPSA) is 59.6 Å². The molecule has 1 aromatic rings. The first kappa shape index (κ1) is 16.3. The summed E-state index contributed by atoms with van der Waals surface area (Å²) in [6.07, 6.45) is 0.338. The first-order valence-electron chi connectivity index (χ1n) is 7.14. The number of amides is 1. The van der Waals surface area contributed by atoms with E-state index in [1.54, 1.807) is 0 Å². The Morgan fingerprint density at radius 2 is 2.38 bits per heavy atom. The van der Waals surface area contributed by atoms with E-state index >= 15 is 0 Å². The summed E-state index contributed by atoms with van der Waals surface area (Å²) in [6.45, 7) is 4.53. The predicted octanol–water partition coefficient (Wildman–Crippen LogP) is 1.71. The van der Waals surface area contributed by atoms with Crippen LogP contribution in [0.2, 0.25) is 0 Å². The van der Waals surface area contributed by atoms with Gasteiger partial charge in [-0.1, -0.05) is 12.1 Å². The Balaban J connectivity index is 1.69. The number of ether oxygens (including phenoxy) is 2. The fraction of sp³-hybridized carbons (Fsp3) is 0.533. The smallest absolute Gasteiger partial charge is 0.221 e. The Labute approximate surface area is 133 Å². The summed E-state index contributed by atoms with van der Waals surface area (Å²) in [5, 5.41) is 6.16. The van der Waals surface area contributed by atoms with Gasteiger partial charge in [-0.25, -0.2) is 0 Å². The molecule has 0 spiro atoms. The highest BCUT2D eigenvalue weighted by atomic mass is 79.9. The van der Waals surface area contributed by atoms with Gasteiger partial charge in [0.25, 0.3) is 0 Å². The molecule has 1 saturated heterocycles. The number of hydrogen-bond donors (Lipinski definition) is 2. The van der Waals surface area contributed by atoms with Gasteiger partial charge in [-0.15, -0.1) is 0 Å². The number of benzene rings is 1. The molecule has 2 N–H and O–H groups in total. The maximum Gasteiger partial charge on any atom is 0.221 e. The van der Waals surface area contributed by atoms with Gasteiger partial charge in [-0.05, 0) is 35.0 Å². The molecule has 6 heteroatoms. The van der Waals surface area contributed by atoms with Crippen LogP contribution in [-0.4, -0.2) is 44.4 Å². The third-order valence-electron chi connectivity index (χ3n) is 3.18. The molecule has 1 amide bonds. The summed E-state index contributed by atoms with van der Waals surface area (Å²) in [5.41, 5.74) is 0. The minimum absolute atomic E-state index is 0.0144. The van der Waals surface area contributed by atoms with Gasteiger partial charge >= 0.3 is 0 Å². The Bertz CT molecular complexity index is 464. The van der Waals surface area contributed by atoms with Crippen LogP contribution in [0.15, 0.2) is 28.7 Å². The van der Waals surface area contributed by atoms with Gasteiger partial charge in [-0.3, -0.25) is 4.79 Å². The van der Waals surface area contributed by atoms with Crippen LogP contribution < -0.4 is 15.4 Å². The molecular formula is C15H21BrN2O3. The van der Waals surface area contributed by atoms with E-state index in [2.05, 4.69) is 26.6 Å². The van der Waals surface area contributed by atoms with E-state index in [-0.39, 0.29) is 18.1 Å². The van der Waals surface area contributed by atoms with Crippen LogP contribution in [-0.2, 0) is 9.53 Å². The van der Waals surface area contributed by atoms with Crippen molar-refractivity contribution in [1.29, 1.82) is 0 Å². The fourth-order valence-electron chi connectivity index (χ4n) is 2.10. The lowest BCUT2D eigenvalue weighted by molar-refractivity contribution is -0.122. The van der Waals surface area contributed by atoms with Crippen LogP contribution in [0, 0.1) is 0 Å². The van der Waals surface area contributed by atoms with Crippen LogP contribution in [0.4, 0.5) is 0 Å². The lowest BCUT2D eigenvalue weighted by Gasteiger charge is -2.23. The van der Waals surface area contributed by atoms with Crippen LogP contribution in [0.25, 0.3) is 0 Å². The van der Waals surface area contributed by atoms with Crippen molar-refractivity contribution in [2.45, 2.75) is 25.5 Å². The summed E-state index contributed by atoms with van der Waals surface area (Å²) < 4.78 is 12.0. The molecule has 0 bridgehead atoms. The van der Waals surface area contributed by atoms with Gasteiger partial charge in [0.15, 0.2) is 0 Å². The molecule has 0 aliphatic carbocycles. The van der Waals surface area contributed by atoms with Crippen molar-refractivity contribution in [3.05, 3.63) is 28.7 Å². The molecule has 5 nitrogen and oxygen atoms in total. The van der Waals surface area contributed by atoms with Crippen LogP contribution >= 0.6 is 15.9 Å². The molecule has 0 radical (unpaired) electrons. The number of carbonyl (C=O) groups is 1. The molecule has 2 atom stereocenters. The number of para-hydroxylation sites is 1. The number of morpholine rings is 1. The Morgan fingerprint density at radius 1 is 1.57 bits per heavy atom. The Kier molecular flexibility index (Phi) is 6.48. The lowest BCUT2D eigenvalue weighted by Crippen LogP contribution is -2.45. The van der Waals surface area contributed by atoms with Gasteiger partial charge in [0.05, 0.1) is 24.2 Å². The highest BCUT2D eigenvalue weighted by Crippen LogP contribution is 2.24.